The number of aromatic nitrogens is 5. The molecule has 0 spiro atoms. The number of aryl methyl sites for hydroxylation is 1. The van der Waals surface area contributed by atoms with Gasteiger partial charge in [-0.15, -0.1) is 5.10 Å². The Balaban J connectivity index is 1.70. The molecule has 1 amide bonds. The number of aromatic amines is 1. The molecule has 3 aromatic rings. The molecular weight excluding hydrogens is 244 g/mol. The Kier molecular flexibility index (Phi) is 2.71. The van der Waals surface area contributed by atoms with E-state index < -0.39 is 0 Å². The first-order chi connectivity index (χ1) is 9.22. The van der Waals surface area contributed by atoms with Crippen molar-refractivity contribution < 1.29 is 4.79 Å². The number of H-pyrrole nitrogens is 1. The van der Waals surface area contributed by atoms with E-state index in [1.165, 1.54) is 4.68 Å². The summed E-state index contributed by atoms with van der Waals surface area (Å²) in [5, 5.41) is 10.3. The van der Waals surface area contributed by atoms with Crippen LogP contribution in [-0.4, -0.2) is 30.9 Å². The summed E-state index contributed by atoms with van der Waals surface area (Å²) in [6.45, 7) is 0.435. The third-order valence-electron chi connectivity index (χ3n) is 2.77. The Labute approximate surface area is 108 Å². The number of carbonyl (C=O) groups excluding carboxylic acids is 1. The van der Waals surface area contributed by atoms with Gasteiger partial charge in [0.2, 0.25) is 0 Å². The van der Waals surface area contributed by atoms with E-state index in [0.717, 1.165) is 16.6 Å². The van der Waals surface area contributed by atoms with E-state index in [1.807, 2.05) is 18.2 Å². The number of carbonyl (C=O) groups is 1. The van der Waals surface area contributed by atoms with Crippen molar-refractivity contribution in [3.63, 3.8) is 0 Å². The molecule has 0 bridgehead atoms. The summed E-state index contributed by atoms with van der Waals surface area (Å²) in [6, 6.07) is 5.80. The Morgan fingerprint density at radius 2 is 2.37 bits per heavy atom. The second kappa shape index (κ2) is 4.52. The molecule has 2 N–H and O–H groups in total. The van der Waals surface area contributed by atoms with Gasteiger partial charge in [-0.1, -0.05) is 11.3 Å². The van der Waals surface area contributed by atoms with Crippen molar-refractivity contribution in [2.75, 3.05) is 0 Å². The number of fused-ring (bicyclic) bond motifs is 1. The lowest BCUT2D eigenvalue weighted by Crippen LogP contribution is -2.23. The van der Waals surface area contributed by atoms with Crippen LogP contribution in [0.25, 0.3) is 11.0 Å². The lowest BCUT2D eigenvalue weighted by atomic mass is 10.2. The zero-order valence-electron chi connectivity index (χ0n) is 10.3. The number of nitrogens with zero attached hydrogens (tertiary/aromatic N) is 4. The molecule has 7 heteroatoms. The van der Waals surface area contributed by atoms with Gasteiger partial charge in [0.1, 0.15) is 0 Å². The highest BCUT2D eigenvalue weighted by Gasteiger charge is 2.09. The van der Waals surface area contributed by atoms with Gasteiger partial charge in [0.25, 0.3) is 5.91 Å². The fourth-order valence-corrected chi connectivity index (χ4v) is 1.82. The Morgan fingerprint density at radius 3 is 3.16 bits per heavy atom. The van der Waals surface area contributed by atoms with E-state index in [-0.39, 0.29) is 5.91 Å². The molecule has 19 heavy (non-hydrogen) atoms. The molecule has 1 aromatic carbocycles. The van der Waals surface area contributed by atoms with Crippen LogP contribution in [0.3, 0.4) is 0 Å². The van der Waals surface area contributed by atoms with Crippen LogP contribution in [0.5, 0.6) is 0 Å². The molecule has 0 saturated carbocycles. The van der Waals surface area contributed by atoms with Crippen LogP contribution >= 0.6 is 0 Å². The van der Waals surface area contributed by atoms with Crippen molar-refractivity contribution in [1.82, 2.24) is 30.3 Å². The van der Waals surface area contributed by atoms with E-state index in [0.29, 0.717) is 12.2 Å². The molecule has 0 aliphatic carbocycles. The minimum absolute atomic E-state index is 0.238. The first kappa shape index (κ1) is 11.4. The van der Waals surface area contributed by atoms with Crippen molar-refractivity contribution >= 4 is 16.9 Å². The maximum atomic E-state index is 11.8. The second-order valence-electron chi connectivity index (χ2n) is 4.21. The van der Waals surface area contributed by atoms with Crippen LogP contribution in [0.4, 0.5) is 0 Å². The van der Waals surface area contributed by atoms with Crippen LogP contribution in [-0.2, 0) is 13.6 Å². The summed E-state index contributed by atoms with van der Waals surface area (Å²) in [6.07, 6.45) is 3.22. The van der Waals surface area contributed by atoms with Gasteiger partial charge >= 0.3 is 0 Å². The highest BCUT2D eigenvalue weighted by molar-refractivity contribution is 5.91. The number of benzene rings is 1. The smallest absolute Gasteiger partial charge is 0.273 e. The summed E-state index contributed by atoms with van der Waals surface area (Å²) in [7, 11) is 1.72. The highest BCUT2D eigenvalue weighted by atomic mass is 16.2. The van der Waals surface area contributed by atoms with Crippen LogP contribution < -0.4 is 5.32 Å². The van der Waals surface area contributed by atoms with Crippen molar-refractivity contribution in [1.29, 1.82) is 0 Å². The third-order valence-corrected chi connectivity index (χ3v) is 2.77. The van der Waals surface area contributed by atoms with E-state index in [2.05, 4.69) is 25.6 Å². The maximum Gasteiger partial charge on any atom is 0.273 e. The second-order valence-corrected chi connectivity index (χ2v) is 4.21. The Hall–Kier alpha value is -2.70. The van der Waals surface area contributed by atoms with Crippen molar-refractivity contribution in [3.8, 4) is 0 Å². The number of amides is 1. The third kappa shape index (κ3) is 2.30. The average molecular weight is 256 g/mol. The zero-order valence-corrected chi connectivity index (χ0v) is 10.3. The number of hydrogen-bond acceptors (Lipinski definition) is 4. The lowest BCUT2D eigenvalue weighted by Gasteiger charge is -2.03. The SMILES string of the molecule is Cn1cc(C(=O)NCc2ccc3nc[nH]c3c2)nn1. The number of imidazole rings is 1. The van der Waals surface area contributed by atoms with Crippen LogP contribution in [0.15, 0.2) is 30.7 Å². The highest BCUT2D eigenvalue weighted by Crippen LogP contribution is 2.11. The largest absolute Gasteiger partial charge is 0.347 e. The summed E-state index contributed by atoms with van der Waals surface area (Å²) >= 11 is 0. The van der Waals surface area contributed by atoms with Gasteiger partial charge in [0.15, 0.2) is 5.69 Å². The molecule has 3 rings (SSSR count). The summed E-state index contributed by atoms with van der Waals surface area (Å²) < 4.78 is 1.49. The molecule has 96 valence electrons. The molecule has 0 aliphatic rings. The molecule has 0 unspecified atom stereocenters. The minimum atomic E-state index is -0.238. The molecule has 0 atom stereocenters. The van der Waals surface area contributed by atoms with Gasteiger partial charge in [-0.2, -0.15) is 0 Å². The van der Waals surface area contributed by atoms with Gasteiger partial charge in [0, 0.05) is 13.6 Å². The summed E-state index contributed by atoms with van der Waals surface area (Å²) in [5.74, 6) is -0.238. The molecule has 0 saturated heterocycles. The van der Waals surface area contributed by atoms with Gasteiger partial charge in [-0.3, -0.25) is 9.48 Å². The fraction of sp³-hybridized carbons (Fsp3) is 0.167. The van der Waals surface area contributed by atoms with Crippen LogP contribution in [0, 0.1) is 0 Å². The molecule has 0 fully saturated rings. The zero-order chi connectivity index (χ0) is 13.2. The molecule has 0 aliphatic heterocycles. The monoisotopic (exact) mass is 256 g/mol. The Morgan fingerprint density at radius 1 is 1.47 bits per heavy atom. The van der Waals surface area contributed by atoms with E-state index >= 15 is 0 Å². The standard InChI is InChI=1S/C12H12N6O/c1-18-6-11(16-17-18)12(19)13-5-8-2-3-9-10(4-8)15-7-14-9/h2-4,6-7H,5H2,1H3,(H,13,19)(H,14,15). The predicted octanol–water partition coefficient (Wildman–Crippen LogP) is 0.621. The van der Waals surface area contributed by atoms with Crippen LogP contribution in [0.2, 0.25) is 0 Å². The van der Waals surface area contributed by atoms with Gasteiger partial charge < -0.3 is 10.3 Å². The topological polar surface area (TPSA) is 88.5 Å². The fourth-order valence-electron chi connectivity index (χ4n) is 1.82. The Bertz CT molecular complexity index is 728. The maximum absolute atomic E-state index is 11.8. The molecule has 0 radical (unpaired) electrons. The van der Waals surface area contributed by atoms with E-state index in [1.54, 1.807) is 19.6 Å². The van der Waals surface area contributed by atoms with E-state index in [9.17, 15) is 4.79 Å². The number of hydrogen-bond donors (Lipinski definition) is 2. The van der Waals surface area contributed by atoms with Gasteiger partial charge in [-0.25, -0.2) is 4.98 Å². The van der Waals surface area contributed by atoms with Crippen molar-refractivity contribution in [3.05, 3.63) is 42.0 Å². The average Bonchev–Trinajstić information content (AvgIpc) is 3.03. The summed E-state index contributed by atoms with van der Waals surface area (Å²) in [4.78, 5) is 19.0. The lowest BCUT2D eigenvalue weighted by molar-refractivity contribution is 0.0946. The van der Waals surface area contributed by atoms with Gasteiger partial charge in [-0.05, 0) is 17.7 Å². The summed E-state index contributed by atoms with van der Waals surface area (Å²) in [5.41, 5.74) is 3.16. The number of rotatable bonds is 3. The molecule has 2 aromatic heterocycles. The molecule has 7 nitrogen and oxygen atoms in total. The quantitative estimate of drug-likeness (QED) is 0.719. The van der Waals surface area contributed by atoms with Crippen molar-refractivity contribution in [2.45, 2.75) is 6.54 Å². The van der Waals surface area contributed by atoms with Gasteiger partial charge in [0.05, 0.1) is 23.6 Å². The number of nitrogens with one attached hydrogen (secondary N) is 2. The minimum Gasteiger partial charge on any atom is -0.347 e. The van der Waals surface area contributed by atoms with E-state index in [4.69, 9.17) is 0 Å². The normalized spacial score (nSPS) is 10.8. The van der Waals surface area contributed by atoms with Crippen LogP contribution in [0.1, 0.15) is 16.1 Å². The molecular formula is C12H12N6O. The predicted molar refractivity (Wildman–Crippen MR) is 68.3 cm³/mol. The first-order valence-corrected chi connectivity index (χ1v) is 5.79. The first-order valence-electron chi connectivity index (χ1n) is 5.79. The van der Waals surface area contributed by atoms with Crippen molar-refractivity contribution in [2.24, 2.45) is 7.05 Å². The molecule has 2 heterocycles.